The van der Waals surface area contributed by atoms with E-state index in [2.05, 4.69) is 19.5 Å². The maximum atomic E-state index is 6.04. The van der Waals surface area contributed by atoms with Gasteiger partial charge in [-0.05, 0) is 38.3 Å². The predicted octanol–water partition coefficient (Wildman–Crippen LogP) is 3.39. The van der Waals surface area contributed by atoms with E-state index in [1.54, 1.807) is 37.5 Å². The number of anilines is 1. The van der Waals surface area contributed by atoms with Crippen molar-refractivity contribution in [2.75, 3.05) is 18.6 Å². The average molecular weight is 372 g/mol. The molecular weight excluding hydrogens is 348 g/mol. The van der Waals surface area contributed by atoms with Gasteiger partial charge in [-0.15, -0.1) is 0 Å². The van der Waals surface area contributed by atoms with Gasteiger partial charge in [-0.3, -0.25) is 0 Å². The topological polar surface area (TPSA) is 91.7 Å². The summed E-state index contributed by atoms with van der Waals surface area (Å²) in [4.78, 5) is 17.4. The number of thioether (sulfide) groups is 1. The Bertz CT molecular complexity index is 867. The molecule has 0 aliphatic heterocycles. The molecule has 0 bridgehead atoms. The Labute approximate surface area is 157 Å². The minimum atomic E-state index is -0.103. The van der Waals surface area contributed by atoms with Gasteiger partial charge in [0.15, 0.2) is 11.0 Å². The zero-order valence-electron chi connectivity index (χ0n) is 15.3. The molecule has 3 heterocycles. The number of ether oxygens (including phenoxy) is 1. The van der Waals surface area contributed by atoms with Crippen molar-refractivity contribution in [2.24, 2.45) is 0 Å². The van der Waals surface area contributed by atoms with E-state index >= 15 is 0 Å². The van der Waals surface area contributed by atoms with Crippen LogP contribution in [0.3, 0.4) is 0 Å². The Balaban J connectivity index is 1.72. The Morgan fingerprint density at radius 1 is 1.23 bits per heavy atom. The fraction of sp³-hybridized carbons (Fsp3) is 0.444. The summed E-state index contributed by atoms with van der Waals surface area (Å²) in [7, 11) is 1.69. The van der Waals surface area contributed by atoms with E-state index in [-0.39, 0.29) is 6.10 Å². The van der Waals surface area contributed by atoms with Crippen LogP contribution in [0.2, 0.25) is 0 Å². The van der Waals surface area contributed by atoms with Crippen molar-refractivity contribution < 1.29 is 4.74 Å². The first kappa shape index (κ1) is 18.6. The van der Waals surface area contributed by atoms with Crippen LogP contribution in [0.25, 0.3) is 11.0 Å². The van der Waals surface area contributed by atoms with Crippen molar-refractivity contribution in [1.29, 1.82) is 0 Å². The number of imidazole rings is 1. The molecule has 138 valence electrons. The van der Waals surface area contributed by atoms with Crippen molar-refractivity contribution in [3.8, 4) is 0 Å². The predicted molar refractivity (Wildman–Crippen MR) is 104 cm³/mol. The van der Waals surface area contributed by atoms with Crippen molar-refractivity contribution in [1.82, 2.24) is 24.5 Å². The molecule has 0 aliphatic rings. The highest BCUT2D eigenvalue weighted by Gasteiger charge is 2.19. The fourth-order valence-electron chi connectivity index (χ4n) is 2.87. The molecule has 1 atom stereocenters. The molecule has 0 radical (unpaired) electrons. The first-order chi connectivity index (χ1) is 12.6. The highest BCUT2D eigenvalue weighted by molar-refractivity contribution is 7.99. The second-order valence-corrected chi connectivity index (χ2v) is 7.17. The van der Waals surface area contributed by atoms with Crippen molar-refractivity contribution >= 4 is 28.6 Å². The lowest BCUT2D eigenvalue weighted by Gasteiger charge is -2.14. The van der Waals surface area contributed by atoms with Crippen LogP contribution in [0.4, 0.5) is 5.82 Å². The molecular formula is C18H24N6OS. The Hall–Kier alpha value is -2.19. The second kappa shape index (κ2) is 8.46. The lowest BCUT2D eigenvalue weighted by atomic mass is 10.2. The minimum absolute atomic E-state index is 0.103. The van der Waals surface area contributed by atoms with Crippen molar-refractivity contribution in [3.05, 3.63) is 36.0 Å². The van der Waals surface area contributed by atoms with Crippen molar-refractivity contribution in [2.45, 2.75) is 44.5 Å². The number of unbranched alkanes of at least 4 members (excludes halogenated alkanes) is 1. The van der Waals surface area contributed by atoms with Crippen molar-refractivity contribution in [3.63, 3.8) is 0 Å². The first-order valence-corrected chi connectivity index (χ1v) is 9.64. The van der Waals surface area contributed by atoms with Gasteiger partial charge in [0.25, 0.3) is 0 Å². The zero-order chi connectivity index (χ0) is 18.5. The van der Waals surface area contributed by atoms with E-state index in [0.717, 1.165) is 52.7 Å². The number of pyridine rings is 1. The number of nitrogens with two attached hydrogens (primary N) is 1. The number of fused-ring (bicyclic) bond motifs is 1. The standard InChI is InChI=1S/C18H24N6OS/c1-12-11-22-16(19)14-15(12)24(17(23-14)13(2)25-3)9-4-5-10-26-18-20-7-6-8-21-18/h6-8,11,13H,4-5,9-10H2,1-3H3,(H2,19,22). The summed E-state index contributed by atoms with van der Waals surface area (Å²) in [5.74, 6) is 2.34. The van der Waals surface area contributed by atoms with Gasteiger partial charge in [-0.1, -0.05) is 11.8 Å². The van der Waals surface area contributed by atoms with Gasteiger partial charge in [0.2, 0.25) is 0 Å². The van der Waals surface area contributed by atoms with Crippen LogP contribution in [-0.4, -0.2) is 37.4 Å². The molecule has 3 aromatic heterocycles. The summed E-state index contributed by atoms with van der Waals surface area (Å²) in [6, 6.07) is 1.83. The molecule has 26 heavy (non-hydrogen) atoms. The second-order valence-electron chi connectivity index (χ2n) is 6.11. The third-order valence-corrected chi connectivity index (χ3v) is 5.24. The summed E-state index contributed by atoms with van der Waals surface area (Å²) in [5, 5.41) is 0.823. The highest BCUT2D eigenvalue weighted by atomic mass is 32.2. The van der Waals surface area contributed by atoms with E-state index in [1.165, 1.54) is 0 Å². The van der Waals surface area contributed by atoms with Gasteiger partial charge in [-0.2, -0.15) is 0 Å². The monoisotopic (exact) mass is 372 g/mol. The smallest absolute Gasteiger partial charge is 0.187 e. The number of aromatic nitrogens is 5. The fourth-order valence-corrected chi connectivity index (χ4v) is 3.68. The van der Waals surface area contributed by atoms with Gasteiger partial charge >= 0.3 is 0 Å². The number of rotatable bonds is 8. The lowest BCUT2D eigenvalue weighted by Crippen LogP contribution is -2.09. The number of hydrogen-bond acceptors (Lipinski definition) is 7. The Morgan fingerprint density at radius 3 is 2.73 bits per heavy atom. The van der Waals surface area contributed by atoms with Crippen LogP contribution in [0, 0.1) is 6.92 Å². The molecule has 3 aromatic rings. The van der Waals surface area contributed by atoms with Crippen LogP contribution in [0.1, 0.15) is 37.3 Å². The lowest BCUT2D eigenvalue weighted by molar-refractivity contribution is 0.109. The van der Waals surface area contributed by atoms with Crippen LogP contribution in [0.15, 0.2) is 29.8 Å². The first-order valence-electron chi connectivity index (χ1n) is 8.65. The zero-order valence-corrected chi connectivity index (χ0v) is 16.2. The third kappa shape index (κ3) is 3.96. The Kier molecular flexibility index (Phi) is 6.05. The van der Waals surface area contributed by atoms with E-state index in [9.17, 15) is 0 Å². The Morgan fingerprint density at radius 2 is 2.00 bits per heavy atom. The molecule has 2 N–H and O–H groups in total. The molecule has 3 rings (SSSR count). The van der Waals surface area contributed by atoms with Gasteiger partial charge < -0.3 is 15.0 Å². The third-order valence-electron chi connectivity index (χ3n) is 4.28. The molecule has 0 saturated carbocycles. The molecule has 0 aromatic carbocycles. The number of nitrogen functional groups attached to an aromatic ring is 1. The van der Waals surface area contributed by atoms with E-state index < -0.39 is 0 Å². The maximum absolute atomic E-state index is 6.04. The quantitative estimate of drug-likeness (QED) is 0.368. The van der Waals surface area contributed by atoms with E-state index in [1.807, 2.05) is 19.9 Å². The van der Waals surface area contributed by atoms with Gasteiger partial charge in [0.05, 0.1) is 5.52 Å². The highest BCUT2D eigenvalue weighted by Crippen LogP contribution is 2.28. The maximum Gasteiger partial charge on any atom is 0.187 e. The van der Waals surface area contributed by atoms with E-state index in [0.29, 0.717) is 5.82 Å². The molecule has 0 amide bonds. The molecule has 1 unspecified atom stereocenters. The summed E-state index contributed by atoms with van der Waals surface area (Å²) in [5.41, 5.74) is 8.93. The largest absolute Gasteiger partial charge is 0.382 e. The molecule has 7 nitrogen and oxygen atoms in total. The van der Waals surface area contributed by atoms with Crippen LogP contribution >= 0.6 is 11.8 Å². The summed E-state index contributed by atoms with van der Waals surface area (Å²) >= 11 is 1.68. The molecule has 8 heteroatoms. The summed E-state index contributed by atoms with van der Waals surface area (Å²) < 4.78 is 7.73. The van der Waals surface area contributed by atoms with Crippen LogP contribution in [-0.2, 0) is 11.3 Å². The number of hydrogen-bond donors (Lipinski definition) is 1. The van der Waals surface area contributed by atoms with Gasteiger partial charge in [-0.25, -0.2) is 19.9 Å². The number of methoxy groups -OCH3 is 1. The van der Waals surface area contributed by atoms with E-state index in [4.69, 9.17) is 15.5 Å². The number of aryl methyl sites for hydroxylation is 2. The van der Waals surface area contributed by atoms with Gasteiger partial charge in [0.1, 0.15) is 17.4 Å². The SMILES string of the molecule is COC(C)c1nc2c(N)ncc(C)c2n1CCCCSc1ncccn1. The molecule has 0 aliphatic carbocycles. The summed E-state index contributed by atoms with van der Waals surface area (Å²) in [6.07, 6.45) is 7.33. The molecule has 0 saturated heterocycles. The molecule has 0 spiro atoms. The van der Waals surface area contributed by atoms with Crippen LogP contribution in [0.5, 0.6) is 0 Å². The van der Waals surface area contributed by atoms with Crippen LogP contribution < -0.4 is 5.73 Å². The normalized spacial score (nSPS) is 12.6. The number of nitrogens with zero attached hydrogens (tertiary/aromatic N) is 5. The minimum Gasteiger partial charge on any atom is -0.382 e. The molecule has 0 fully saturated rings. The summed E-state index contributed by atoms with van der Waals surface area (Å²) in [6.45, 7) is 4.90. The average Bonchev–Trinajstić information content (AvgIpc) is 3.05. The van der Waals surface area contributed by atoms with Gasteiger partial charge in [0, 0.05) is 38.0 Å².